The second kappa shape index (κ2) is 12.8. The van der Waals surface area contributed by atoms with Crippen molar-refractivity contribution in [3.63, 3.8) is 0 Å². The molecule has 1 amide bonds. The molecule has 1 saturated carbocycles. The summed E-state index contributed by atoms with van der Waals surface area (Å²) in [5.74, 6) is -1.43. The van der Waals surface area contributed by atoms with E-state index in [0.717, 1.165) is 36.9 Å². The summed E-state index contributed by atoms with van der Waals surface area (Å²) in [5.41, 5.74) is 1.39. The summed E-state index contributed by atoms with van der Waals surface area (Å²) >= 11 is 0. The molecule has 11 heteroatoms. The van der Waals surface area contributed by atoms with E-state index in [2.05, 4.69) is 4.90 Å². The Morgan fingerprint density at radius 2 is 1.89 bits per heavy atom. The van der Waals surface area contributed by atoms with Crippen molar-refractivity contribution in [2.75, 3.05) is 26.7 Å². The number of β-amino-alcohol motifs (C(OH)–C–C–N with tert-alkyl or cyclic N) is 1. The maximum absolute atomic E-state index is 13.3. The molecule has 0 spiro atoms. The summed E-state index contributed by atoms with van der Waals surface area (Å²) in [6.07, 6.45) is 6.48. The molecule has 2 N–H and O–H groups in total. The summed E-state index contributed by atoms with van der Waals surface area (Å²) in [6.45, 7) is 1.78. The first kappa shape index (κ1) is 29.3. The molecule has 0 bridgehead atoms. The lowest BCUT2D eigenvalue weighted by molar-refractivity contribution is -0.137. The number of carboxylic acids is 1. The van der Waals surface area contributed by atoms with Crippen LogP contribution >= 0.6 is 27.0 Å². The lowest BCUT2D eigenvalue weighted by Gasteiger charge is -2.39. The molecule has 0 radical (unpaired) electrons. The Morgan fingerprint density at radius 3 is 2.51 bits per heavy atom. The van der Waals surface area contributed by atoms with Gasteiger partial charge in [-0.25, -0.2) is 4.79 Å². The molecule has 1 aliphatic heterocycles. The summed E-state index contributed by atoms with van der Waals surface area (Å²) in [4.78, 5) is 40.6. The van der Waals surface area contributed by atoms with E-state index >= 15 is 0 Å². The number of carbonyl (C=O) groups is 2. The Labute approximate surface area is 219 Å². The molecule has 2 heterocycles. The second-order valence-electron chi connectivity index (χ2n) is 9.50. The number of aromatic nitrogens is 1. The Bertz CT molecular complexity index is 1070. The van der Waals surface area contributed by atoms with Gasteiger partial charge in [-0.15, -0.1) is 0 Å². The number of nitrogens with zero attached hydrogens (tertiary/aromatic N) is 3. The number of carbonyl (C=O) groups excluding carboxylic acids is 1. The van der Waals surface area contributed by atoms with Gasteiger partial charge in [0.15, 0.2) is 5.58 Å². The number of hydrogen-bond acceptors (Lipinski definition) is 6. The van der Waals surface area contributed by atoms with Gasteiger partial charge >= 0.3 is 11.7 Å². The first-order valence-electron chi connectivity index (χ1n) is 11.8. The lowest BCUT2D eigenvalue weighted by atomic mass is 9.83. The third-order valence-electron chi connectivity index (χ3n) is 7.16. The van der Waals surface area contributed by atoms with Crippen LogP contribution in [0, 0.1) is 5.92 Å². The third-order valence-corrected chi connectivity index (χ3v) is 7.16. The van der Waals surface area contributed by atoms with Crippen molar-refractivity contribution in [1.82, 2.24) is 14.4 Å². The standard InChI is InChI=1S/C24H33N3O6.2H2S/c1-25(20(17-5-3-2-4-6-17)14-26-10-9-18(28)13-26)22(29)12-16-7-8-21-19(11-16)27(15-23(30)31)24(32)33-21;;/h7-8,11,17-18,20,28H,2-6,9-10,12-15H2,1H3,(H,30,31);2*1H2/t18-,20-;;/m1../s1. The molecule has 2 atom stereocenters. The zero-order valence-electron chi connectivity index (χ0n) is 20.1. The predicted octanol–water partition coefficient (Wildman–Crippen LogP) is 1.92. The van der Waals surface area contributed by atoms with Crippen LogP contribution < -0.4 is 5.76 Å². The molecule has 196 valence electrons. The molecule has 2 fully saturated rings. The number of hydrogen-bond donors (Lipinski definition) is 2. The largest absolute Gasteiger partial charge is 0.480 e. The minimum Gasteiger partial charge on any atom is -0.480 e. The highest BCUT2D eigenvalue weighted by atomic mass is 32.1. The van der Waals surface area contributed by atoms with Gasteiger partial charge in [-0.05, 0) is 42.9 Å². The van der Waals surface area contributed by atoms with Crippen molar-refractivity contribution in [3.05, 3.63) is 34.3 Å². The molecular formula is C24H37N3O6S2. The highest BCUT2D eigenvalue weighted by molar-refractivity contribution is 7.59. The van der Waals surface area contributed by atoms with Gasteiger partial charge in [0.25, 0.3) is 0 Å². The molecule has 2 aromatic rings. The van der Waals surface area contributed by atoms with Crippen molar-refractivity contribution in [2.45, 2.75) is 63.6 Å². The minimum atomic E-state index is -1.14. The molecule has 9 nitrogen and oxygen atoms in total. The zero-order valence-corrected chi connectivity index (χ0v) is 22.1. The van der Waals surface area contributed by atoms with E-state index in [1.54, 1.807) is 18.2 Å². The fourth-order valence-electron chi connectivity index (χ4n) is 5.34. The van der Waals surface area contributed by atoms with Crippen LogP contribution in [-0.4, -0.2) is 75.3 Å². The number of aliphatic hydroxyl groups excluding tert-OH is 1. The van der Waals surface area contributed by atoms with E-state index in [1.807, 2.05) is 11.9 Å². The van der Waals surface area contributed by atoms with Gasteiger partial charge in [-0.1, -0.05) is 25.3 Å². The molecule has 35 heavy (non-hydrogen) atoms. The first-order chi connectivity index (χ1) is 15.8. The van der Waals surface area contributed by atoms with Crippen LogP contribution in [0.4, 0.5) is 0 Å². The van der Waals surface area contributed by atoms with Gasteiger partial charge in [-0.3, -0.25) is 19.1 Å². The summed E-state index contributed by atoms with van der Waals surface area (Å²) in [5, 5.41) is 19.0. The van der Waals surface area contributed by atoms with Gasteiger partial charge in [0.1, 0.15) is 6.54 Å². The molecule has 2 aliphatic rings. The second-order valence-corrected chi connectivity index (χ2v) is 9.50. The maximum atomic E-state index is 13.3. The number of aliphatic hydroxyl groups is 1. The predicted molar refractivity (Wildman–Crippen MR) is 143 cm³/mol. The highest BCUT2D eigenvalue weighted by Crippen LogP contribution is 2.30. The van der Waals surface area contributed by atoms with Gasteiger partial charge in [-0.2, -0.15) is 27.0 Å². The van der Waals surface area contributed by atoms with E-state index in [4.69, 9.17) is 9.52 Å². The zero-order chi connectivity index (χ0) is 23.5. The number of oxazole rings is 1. The Kier molecular flexibility index (Phi) is 10.7. The number of aliphatic carboxylic acids is 1. The summed E-state index contributed by atoms with van der Waals surface area (Å²) in [6, 6.07) is 5.11. The molecule has 1 aliphatic carbocycles. The van der Waals surface area contributed by atoms with E-state index in [1.165, 1.54) is 19.3 Å². The quantitative estimate of drug-likeness (QED) is 0.539. The van der Waals surface area contributed by atoms with Crippen LogP contribution in [0.5, 0.6) is 0 Å². The average molecular weight is 528 g/mol. The van der Waals surface area contributed by atoms with Crippen LogP contribution in [0.15, 0.2) is 27.4 Å². The monoisotopic (exact) mass is 527 g/mol. The fourth-order valence-corrected chi connectivity index (χ4v) is 5.34. The van der Waals surface area contributed by atoms with E-state index < -0.39 is 18.3 Å². The Balaban J connectivity index is 0.00000216. The van der Waals surface area contributed by atoms with Crippen LogP contribution in [-0.2, 0) is 22.6 Å². The number of likely N-dealkylation sites (tertiary alicyclic amines) is 1. The van der Waals surface area contributed by atoms with Crippen LogP contribution in [0.25, 0.3) is 11.1 Å². The number of likely N-dealkylation sites (N-methyl/N-ethyl adjacent to an activating group) is 1. The number of carboxylic acid groups (broad SMARTS) is 1. The van der Waals surface area contributed by atoms with Gasteiger partial charge in [0, 0.05) is 32.7 Å². The molecule has 1 aromatic carbocycles. The smallest absolute Gasteiger partial charge is 0.420 e. The Morgan fingerprint density at radius 1 is 1.17 bits per heavy atom. The van der Waals surface area contributed by atoms with E-state index in [9.17, 15) is 19.5 Å². The normalized spacial score (nSPS) is 19.7. The summed E-state index contributed by atoms with van der Waals surface area (Å²) in [7, 11) is 1.87. The van der Waals surface area contributed by atoms with Crippen molar-refractivity contribution in [2.24, 2.45) is 5.92 Å². The van der Waals surface area contributed by atoms with Crippen molar-refractivity contribution >= 4 is 50.0 Å². The van der Waals surface area contributed by atoms with Crippen molar-refractivity contribution in [3.8, 4) is 0 Å². The first-order valence-corrected chi connectivity index (χ1v) is 11.8. The van der Waals surface area contributed by atoms with E-state index in [-0.39, 0.29) is 51.5 Å². The average Bonchev–Trinajstić information content (AvgIpc) is 3.34. The molecule has 1 saturated heterocycles. The minimum absolute atomic E-state index is 0. The number of fused-ring (bicyclic) bond motifs is 1. The molecule has 4 rings (SSSR count). The lowest BCUT2D eigenvalue weighted by Crippen LogP contribution is -2.49. The topological polar surface area (TPSA) is 116 Å². The third kappa shape index (κ3) is 7.05. The maximum Gasteiger partial charge on any atom is 0.420 e. The van der Waals surface area contributed by atoms with Crippen LogP contribution in [0.3, 0.4) is 0 Å². The number of benzene rings is 1. The SMILES string of the molecule is CN(C(=O)Cc1ccc2oc(=O)n(CC(=O)O)c2c1)[C@H](CN1CC[C@@H](O)C1)C1CCCCC1.S.S. The van der Waals surface area contributed by atoms with Crippen LogP contribution in [0.2, 0.25) is 0 Å². The Hall–Kier alpha value is -1.95. The number of amides is 1. The van der Waals surface area contributed by atoms with Crippen molar-refractivity contribution in [1.29, 1.82) is 0 Å². The highest BCUT2D eigenvalue weighted by Gasteiger charge is 2.33. The summed E-state index contributed by atoms with van der Waals surface area (Å²) < 4.78 is 6.20. The molecule has 0 unspecified atom stereocenters. The molecule has 1 aromatic heterocycles. The van der Waals surface area contributed by atoms with E-state index in [0.29, 0.717) is 29.1 Å². The van der Waals surface area contributed by atoms with Crippen molar-refractivity contribution < 1.29 is 24.2 Å². The molecular weight excluding hydrogens is 490 g/mol. The van der Waals surface area contributed by atoms with Gasteiger partial charge in [0.2, 0.25) is 5.91 Å². The number of rotatable bonds is 8. The van der Waals surface area contributed by atoms with Crippen LogP contribution in [0.1, 0.15) is 44.1 Å². The fraction of sp³-hybridized carbons (Fsp3) is 0.625. The van der Waals surface area contributed by atoms with Gasteiger partial charge in [0.05, 0.1) is 18.0 Å². The van der Waals surface area contributed by atoms with Gasteiger partial charge < -0.3 is 19.5 Å².